The monoisotopic (exact) mass is 463 g/mol. The van der Waals surface area contributed by atoms with Crippen LogP contribution in [0.3, 0.4) is 0 Å². The van der Waals surface area contributed by atoms with Crippen LogP contribution in [0.4, 0.5) is 5.82 Å². The third-order valence-corrected chi connectivity index (χ3v) is 10.9. The fraction of sp³-hybridized carbons (Fsp3) is 0.407. The first-order valence-corrected chi connectivity index (χ1v) is 14.6. The van der Waals surface area contributed by atoms with E-state index in [2.05, 4.69) is 51.0 Å². The Kier molecular flexibility index (Phi) is 8.27. The summed E-state index contributed by atoms with van der Waals surface area (Å²) in [7, 11) is -1.66. The molecule has 3 rings (SSSR count). The van der Waals surface area contributed by atoms with Gasteiger partial charge in [-0.2, -0.15) is 0 Å². The number of benzene rings is 2. The second kappa shape index (κ2) is 10.9. The lowest BCUT2D eigenvalue weighted by molar-refractivity contribution is 0.252. The van der Waals surface area contributed by atoms with E-state index < -0.39 is 8.32 Å². The van der Waals surface area contributed by atoms with Crippen molar-refractivity contribution in [3.63, 3.8) is 0 Å². The van der Waals surface area contributed by atoms with Gasteiger partial charge in [0, 0.05) is 18.6 Å². The molecule has 1 heterocycles. The number of nitrogens with two attached hydrogens (primary N) is 1. The summed E-state index contributed by atoms with van der Waals surface area (Å²) in [5, 5.41) is 0.252. The number of unbranched alkanes of at least 4 members (excludes halogenated alkanes) is 1. The van der Waals surface area contributed by atoms with Gasteiger partial charge in [-0.1, -0.05) is 51.1 Å². The summed E-state index contributed by atoms with van der Waals surface area (Å²) in [6, 6.07) is 18.2. The van der Waals surface area contributed by atoms with Gasteiger partial charge in [-0.15, -0.1) is 0 Å². The minimum atomic E-state index is -1.66. The first-order valence-electron chi connectivity index (χ1n) is 11.7. The maximum atomic E-state index is 6.23. The van der Waals surface area contributed by atoms with Crippen molar-refractivity contribution in [1.29, 1.82) is 0 Å². The van der Waals surface area contributed by atoms with Gasteiger partial charge in [-0.3, -0.25) is 0 Å². The summed E-state index contributed by atoms with van der Waals surface area (Å²) in [6.07, 6.45) is 4.37. The van der Waals surface area contributed by atoms with Crippen molar-refractivity contribution in [3.8, 4) is 17.0 Å². The molecular formula is C27H37N3O2Si. The number of ether oxygens (including phenoxy) is 1. The second-order valence-corrected chi connectivity index (χ2v) is 14.7. The molecular weight excluding hydrogens is 426 g/mol. The van der Waals surface area contributed by atoms with Crippen molar-refractivity contribution in [2.24, 2.45) is 0 Å². The number of rotatable bonds is 10. The van der Waals surface area contributed by atoms with Gasteiger partial charge in [-0.05, 0) is 60.8 Å². The SMILES string of the molecule is CC(C)(C)[Si](C)(C)OCCCCOc1ccc(-c2cnc(N)c(Cc3ccccc3)n2)cc1. The highest BCUT2D eigenvalue weighted by molar-refractivity contribution is 6.74. The van der Waals surface area contributed by atoms with E-state index in [1.54, 1.807) is 6.20 Å². The fourth-order valence-corrected chi connectivity index (χ4v) is 4.24. The highest BCUT2D eigenvalue weighted by Crippen LogP contribution is 2.36. The summed E-state index contributed by atoms with van der Waals surface area (Å²) in [5.74, 6) is 1.33. The van der Waals surface area contributed by atoms with E-state index in [-0.39, 0.29) is 5.04 Å². The van der Waals surface area contributed by atoms with Crippen LogP contribution >= 0.6 is 0 Å². The molecule has 0 saturated carbocycles. The summed E-state index contributed by atoms with van der Waals surface area (Å²) in [4.78, 5) is 9.12. The van der Waals surface area contributed by atoms with Crippen LogP contribution in [0.5, 0.6) is 5.75 Å². The largest absolute Gasteiger partial charge is 0.494 e. The van der Waals surface area contributed by atoms with E-state index in [0.717, 1.165) is 47.7 Å². The van der Waals surface area contributed by atoms with Crippen LogP contribution in [0.25, 0.3) is 11.3 Å². The Hall–Kier alpha value is -2.70. The number of nitrogen functional groups attached to an aromatic ring is 1. The standard InChI is InChI=1S/C27H37N3O2Si/c1-27(2,3)33(4,5)32-18-10-9-17-31-23-15-13-22(14-16-23)25-20-29-26(28)24(30-25)19-21-11-7-6-8-12-21/h6-8,11-16,20H,9-10,17-19H2,1-5H3,(H2,28,29). The third-order valence-electron chi connectivity index (χ3n) is 6.32. The van der Waals surface area contributed by atoms with Crippen molar-refractivity contribution in [2.45, 2.75) is 58.2 Å². The summed E-state index contributed by atoms with van der Waals surface area (Å²) in [6.45, 7) is 12.9. The van der Waals surface area contributed by atoms with Gasteiger partial charge in [0.2, 0.25) is 0 Å². The molecule has 3 aromatic rings. The zero-order valence-electron chi connectivity index (χ0n) is 20.6. The normalized spacial score (nSPS) is 12.0. The van der Waals surface area contributed by atoms with E-state index in [9.17, 15) is 0 Å². The van der Waals surface area contributed by atoms with Crippen molar-refractivity contribution in [3.05, 3.63) is 72.1 Å². The zero-order chi connectivity index (χ0) is 23.9. The summed E-state index contributed by atoms with van der Waals surface area (Å²) in [5.41, 5.74) is 9.83. The Balaban J connectivity index is 1.50. The highest BCUT2D eigenvalue weighted by atomic mass is 28.4. The Labute approximate surface area is 199 Å². The molecule has 0 fully saturated rings. The van der Waals surface area contributed by atoms with Crippen LogP contribution in [-0.4, -0.2) is 31.5 Å². The minimum Gasteiger partial charge on any atom is -0.494 e. The smallest absolute Gasteiger partial charge is 0.191 e. The quantitative estimate of drug-likeness (QED) is 0.274. The Morgan fingerprint density at radius 3 is 2.24 bits per heavy atom. The lowest BCUT2D eigenvalue weighted by atomic mass is 10.1. The van der Waals surface area contributed by atoms with E-state index in [1.165, 1.54) is 0 Å². The Bertz CT molecular complexity index is 1020. The third kappa shape index (κ3) is 7.14. The van der Waals surface area contributed by atoms with Gasteiger partial charge in [0.05, 0.1) is 24.2 Å². The highest BCUT2D eigenvalue weighted by Gasteiger charge is 2.36. The molecule has 176 valence electrons. The first kappa shape index (κ1) is 24.9. The summed E-state index contributed by atoms with van der Waals surface area (Å²) < 4.78 is 12.1. The molecule has 0 aliphatic carbocycles. The van der Waals surface area contributed by atoms with Gasteiger partial charge in [0.1, 0.15) is 11.6 Å². The van der Waals surface area contributed by atoms with Gasteiger partial charge < -0.3 is 14.9 Å². The predicted octanol–water partition coefficient (Wildman–Crippen LogP) is 6.50. The van der Waals surface area contributed by atoms with Crippen molar-refractivity contribution >= 4 is 14.1 Å². The zero-order valence-corrected chi connectivity index (χ0v) is 21.6. The number of hydrogen-bond acceptors (Lipinski definition) is 5. The van der Waals surface area contributed by atoms with Crippen molar-refractivity contribution in [1.82, 2.24) is 9.97 Å². The van der Waals surface area contributed by atoms with Crippen LogP contribution in [0.15, 0.2) is 60.8 Å². The molecule has 0 saturated heterocycles. The van der Waals surface area contributed by atoms with E-state index in [0.29, 0.717) is 18.8 Å². The molecule has 0 bridgehead atoms. The molecule has 0 aliphatic heterocycles. The van der Waals surface area contributed by atoms with Crippen LogP contribution in [-0.2, 0) is 10.8 Å². The maximum Gasteiger partial charge on any atom is 0.191 e. The molecule has 0 unspecified atom stereocenters. The Morgan fingerprint density at radius 2 is 1.58 bits per heavy atom. The number of aromatic nitrogens is 2. The topological polar surface area (TPSA) is 70.3 Å². The van der Waals surface area contributed by atoms with Gasteiger partial charge in [0.15, 0.2) is 8.32 Å². The predicted molar refractivity (Wildman–Crippen MR) is 139 cm³/mol. The molecule has 0 atom stereocenters. The molecule has 0 radical (unpaired) electrons. The molecule has 33 heavy (non-hydrogen) atoms. The average Bonchev–Trinajstić information content (AvgIpc) is 2.78. The average molecular weight is 464 g/mol. The summed E-state index contributed by atoms with van der Waals surface area (Å²) >= 11 is 0. The Morgan fingerprint density at radius 1 is 0.909 bits per heavy atom. The van der Waals surface area contributed by atoms with Gasteiger partial charge >= 0.3 is 0 Å². The van der Waals surface area contributed by atoms with E-state index in [1.807, 2.05) is 42.5 Å². The number of hydrogen-bond donors (Lipinski definition) is 1. The van der Waals surface area contributed by atoms with Crippen LogP contribution in [0.2, 0.25) is 18.1 Å². The second-order valence-electron chi connectivity index (χ2n) is 9.94. The molecule has 1 aromatic heterocycles. The molecule has 2 aromatic carbocycles. The molecule has 0 spiro atoms. The lowest BCUT2D eigenvalue weighted by Gasteiger charge is -2.36. The van der Waals surface area contributed by atoms with Crippen molar-refractivity contribution in [2.75, 3.05) is 18.9 Å². The van der Waals surface area contributed by atoms with Crippen LogP contribution in [0.1, 0.15) is 44.9 Å². The van der Waals surface area contributed by atoms with Crippen molar-refractivity contribution < 1.29 is 9.16 Å². The number of anilines is 1. The van der Waals surface area contributed by atoms with Gasteiger partial charge in [-0.25, -0.2) is 9.97 Å². The van der Waals surface area contributed by atoms with Crippen LogP contribution in [0, 0.1) is 0 Å². The van der Waals surface area contributed by atoms with E-state index >= 15 is 0 Å². The number of nitrogens with zero attached hydrogens (tertiary/aromatic N) is 2. The van der Waals surface area contributed by atoms with E-state index in [4.69, 9.17) is 19.9 Å². The van der Waals surface area contributed by atoms with Gasteiger partial charge in [0.25, 0.3) is 0 Å². The molecule has 5 nitrogen and oxygen atoms in total. The van der Waals surface area contributed by atoms with Crippen LogP contribution < -0.4 is 10.5 Å². The molecule has 6 heteroatoms. The first-order chi connectivity index (χ1) is 15.7. The maximum absolute atomic E-state index is 6.23. The molecule has 0 aliphatic rings. The molecule has 2 N–H and O–H groups in total. The lowest BCUT2D eigenvalue weighted by Crippen LogP contribution is -2.41. The minimum absolute atomic E-state index is 0.252. The molecule has 0 amide bonds. The fourth-order valence-electron chi connectivity index (χ4n) is 3.16.